The zero-order chi connectivity index (χ0) is 56.4. The van der Waals surface area contributed by atoms with Gasteiger partial charge in [0.2, 0.25) is 5.91 Å². The Kier molecular flexibility index (Phi) is 65.4. The highest BCUT2D eigenvalue weighted by Crippen LogP contribution is 2.18. The van der Waals surface area contributed by atoms with E-state index in [0.29, 0.717) is 19.4 Å². The molecule has 0 fully saturated rings. The number of aliphatic hydroxyl groups is 2. The van der Waals surface area contributed by atoms with Crippen molar-refractivity contribution in [3.05, 3.63) is 48.6 Å². The topological polar surface area (TPSA) is 95.9 Å². The second-order valence-electron chi connectivity index (χ2n) is 23.9. The summed E-state index contributed by atoms with van der Waals surface area (Å²) in [7, 11) is 0. The molecule has 0 rings (SSSR count). The van der Waals surface area contributed by atoms with Gasteiger partial charge in [0.25, 0.3) is 0 Å². The minimum absolute atomic E-state index is 0.00437. The number of carbonyl (C=O) groups excluding carboxylic acids is 2. The van der Waals surface area contributed by atoms with E-state index in [-0.39, 0.29) is 18.5 Å². The number of hydrogen-bond donors (Lipinski definition) is 3. The maximum atomic E-state index is 12.5. The van der Waals surface area contributed by atoms with Crippen LogP contribution in [0.25, 0.3) is 0 Å². The number of hydrogen-bond acceptors (Lipinski definition) is 5. The highest BCUT2D eigenvalue weighted by molar-refractivity contribution is 5.76. The van der Waals surface area contributed by atoms with Gasteiger partial charge in [-0.3, -0.25) is 9.59 Å². The molecule has 6 nitrogen and oxygen atoms in total. The van der Waals surface area contributed by atoms with Gasteiger partial charge in [-0.2, -0.15) is 0 Å². The first-order valence-electron chi connectivity index (χ1n) is 34.9. The van der Waals surface area contributed by atoms with Gasteiger partial charge < -0.3 is 20.3 Å². The first kappa shape index (κ1) is 75.8. The molecule has 2 atom stereocenters. The monoisotopic (exact) mass is 1090 g/mol. The summed E-state index contributed by atoms with van der Waals surface area (Å²) in [6.45, 7) is 4.92. The molecule has 0 aromatic carbocycles. The van der Waals surface area contributed by atoms with Gasteiger partial charge >= 0.3 is 5.97 Å². The predicted molar refractivity (Wildman–Crippen MR) is 342 cm³/mol. The lowest BCUT2D eigenvalue weighted by atomic mass is 10.0. The largest absolute Gasteiger partial charge is 0.466 e. The number of ether oxygens (including phenoxy) is 1. The third kappa shape index (κ3) is 63.0. The highest BCUT2D eigenvalue weighted by Gasteiger charge is 2.18. The van der Waals surface area contributed by atoms with Gasteiger partial charge in [-0.05, 0) is 89.9 Å². The number of esters is 1. The smallest absolute Gasteiger partial charge is 0.305 e. The van der Waals surface area contributed by atoms with Gasteiger partial charge in [0.1, 0.15) is 0 Å². The molecule has 78 heavy (non-hydrogen) atoms. The molecule has 0 aromatic rings. The van der Waals surface area contributed by atoms with E-state index in [2.05, 4.69) is 55.6 Å². The molecule has 6 heteroatoms. The van der Waals surface area contributed by atoms with Crippen LogP contribution in [-0.4, -0.2) is 47.4 Å². The fourth-order valence-electron chi connectivity index (χ4n) is 10.7. The quantitative estimate of drug-likeness (QED) is 0.0320. The molecule has 0 bridgehead atoms. The van der Waals surface area contributed by atoms with Crippen molar-refractivity contribution in [1.82, 2.24) is 5.32 Å². The Morgan fingerprint density at radius 3 is 0.987 bits per heavy atom. The molecular weight excluding hydrogens is 959 g/mol. The summed E-state index contributed by atoms with van der Waals surface area (Å²) in [5.41, 5.74) is 0. The van der Waals surface area contributed by atoms with Crippen molar-refractivity contribution >= 4 is 11.9 Å². The Morgan fingerprint density at radius 1 is 0.359 bits per heavy atom. The fourth-order valence-corrected chi connectivity index (χ4v) is 10.7. The lowest BCUT2D eigenvalue weighted by molar-refractivity contribution is -0.143. The van der Waals surface area contributed by atoms with E-state index in [4.69, 9.17) is 4.74 Å². The van der Waals surface area contributed by atoms with E-state index >= 15 is 0 Å². The Bertz CT molecular complexity index is 1310. The second-order valence-corrected chi connectivity index (χ2v) is 23.9. The van der Waals surface area contributed by atoms with Gasteiger partial charge in [-0.15, -0.1) is 0 Å². The molecule has 3 N–H and O–H groups in total. The minimum atomic E-state index is -0.846. The minimum Gasteiger partial charge on any atom is -0.466 e. The first-order chi connectivity index (χ1) is 38.5. The Hall–Kier alpha value is -2.18. The van der Waals surface area contributed by atoms with Crippen molar-refractivity contribution in [2.24, 2.45) is 0 Å². The van der Waals surface area contributed by atoms with Crippen LogP contribution in [0.4, 0.5) is 0 Å². The SMILES string of the molecule is CCCCCCCCC/C=C\CCCCCCCC(=O)OCCCCCCCCCCC/C=C\C/C=C\CCCCCCCCCCCCCCCC(=O)NC(CO)C(O)/C=C/CCCCCCCCCCCCCCCC. The average molecular weight is 1090 g/mol. The van der Waals surface area contributed by atoms with Gasteiger partial charge in [-0.1, -0.05) is 319 Å². The second kappa shape index (κ2) is 67.3. The van der Waals surface area contributed by atoms with E-state index in [9.17, 15) is 19.8 Å². The van der Waals surface area contributed by atoms with E-state index < -0.39 is 12.1 Å². The molecule has 0 aliphatic carbocycles. The standard InChI is InChI=1S/C72H135NO5/c1-3-5-7-9-11-13-15-17-19-36-40-44-48-52-56-60-64-70(75)69(68-74)73-71(76)65-61-57-53-49-45-41-37-34-32-30-28-26-24-22-21-23-25-27-29-31-33-35-39-43-47-51-55-59-63-67-78-72(77)66-62-58-54-50-46-42-38-20-18-16-14-12-10-8-6-4-2/h20-21,23,27,29,38,60,64,69-70,74-75H,3-19,22,24-26,28,30-37,39-59,61-63,65-68H2,1-2H3,(H,73,76)/b23-21-,29-27-,38-20-,64-60+. The molecule has 0 radical (unpaired) electrons. The summed E-state index contributed by atoms with van der Waals surface area (Å²) in [6, 6.07) is -0.629. The van der Waals surface area contributed by atoms with E-state index in [0.717, 1.165) is 51.4 Å². The van der Waals surface area contributed by atoms with Crippen molar-refractivity contribution in [1.29, 1.82) is 0 Å². The number of aliphatic hydroxyl groups excluding tert-OH is 2. The molecule has 0 saturated heterocycles. The Balaban J connectivity index is 3.42. The number of rotatable bonds is 65. The summed E-state index contributed by atoms with van der Waals surface area (Å²) >= 11 is 0. The molecule has 0 heterocycles. The van der Waals surface area contributed by atoms with E-state index in [1.54, 1.807) is 6.08 Å². The molecule has 0 aliphatic heterocycles. The van der Waals surface area contributed by atoms with Crippen molar-refractivity contribution in [3.8, 4) is 0 Å². The number of nitrogens with one attached hydrogen (secondary N) is 1. The van der Waals surface area contributed by atoms with E-state index in [1.165, 1.54) is 295 Å². The normalized spacial score (nSPS) is 12.8. The van der Waals surface area contributed by atoms with Crippen molar-refractivity contribution in [2.45, 2.75) is 386 Å². The van der Waals surface area contributed by atoms with Crippen LogP contribution < -0.4 is 5.32 Å². The first-order valence-corrected chi connectivity index (χ1v) is 34.9. The maximum absolute atomic E-state index is 12.5. The van der Waals surface area contributed by atoms with Gasteiger partial charge in [-0.25, -0.2) is 0 Å². The van der Waals surface area contributed by atoms with E-state index in [1.807, 2.05) is 6.08 Å². The number of amides is 1. The van der Waals surface area contributed by atoms with Gasteiger partial charge in [0, 0.05) is 12.8 Å². The lowest BCUT2D eigenvalue weighted by Crippen LogP contribution is -2.45. The predicted octanol–water partition coefficient (Wildman–Crippen LogP) is 22.5. The molecule has 1 amide bonds. The van der Waals surface area contributed by atoms with Crippen LogP contribution in [0.3, 0.4) is 0 Å². The summed E-state index contributed by atoms with van der Waals surface area (Å²) in [5, 5.41) is 23.2. The Morgan fingerprint density at radius 2 is 0.641 bits per heavy atom. The zero-order valence-corrected chi connectivity index (χ0v) is 52.4. The summed E-state index contributed by atoms with van der Waals surface area (Å²) in [5.74, 6) is -0.0629. The molecule has 0 aromatic heterocycles. The molecule has 2 unspecified atom stereocenters. The highest BCUT2D eigenvalue weighted by atomic mass is 16.5. The number of unbranched alkanes of at least 4 members (excludes halogenated alkanes) is 48. The van der Waals surface area contributed by atoms with Crippen LogP contribution >= 0.6 is 0 Å². The summed E-state index contributed by atoms with van der Waals surface area (Å²) in [6.07, 6.45) is 87.5. The van der Waals surface area contributed by atoms with Crippen LogP contribution in [0, 0.1) is 0 Å². The molecular formula is C72H135NO5. The van der Waals surface area contributed by atoms with Crippen molar-refractivity contribution < 1.29 is 24.5 Å². The van der Waals surface area contributed by atoms with Crippen LogP contribution in [0.2, 0.25) is 0 Å². The summed E-state index contributed by atoms with van der Waals surface area (Å²) < 4.78 is 5.49. The molecule has 0 spiro atoms. The third-order valence-electron chi connectivity index (χ3n) is 16.1. The van der Waals surface area contributed by atoms with Crippen LogP contribution in [0.5, 0.6) is 0 Å². The summed E-state index contributed by atoms with van der Waals surface area (Å²) in [4.78, 5) is 24.6. The Labute approximate surface area is 486 Å². The maximum Gasteiger partial charge on any atom is 0.305 e. The molecule has 0 aliphatic rings. The molecule has 0 saturated carbocycles. The van der Waals surface area contributed by atoms with Crippen molar-refractivity contribution in [2.75, 3.05) is 13.2 Å². The van der Waals surface area contributed by atoms with Gasteiger partial charge in [0.05, 0.1) is 25.4 Å². The lowest BCUT2D eigenvalue weighted by Gasteiger charge is -2.20. The van der Waals surface area contributed by atoms with Gasteiger partial charge in [0.15, 0.2) is 0 Å². The molecule has 458 valence electrons. The van der Waals surface area contributed by atoms with Crippen LogP contribution in [0.15, 0.2) is 48.6 Å². The average Bonchev–Trinajstić information content (AvgIpc) is 3.44. The number of carbonyl (C=O) groups is 2. The van der Waals surface area contributed by atoms with Crippen LogP contribution in [0.1, 0.15) is 373 Å². The fraction of sp³-hybridized carbons (Fsp3) is 0.861. The van der Waals surface area contributed by atoms with Crippen LogP contribution in [-0.2, 0) is 14.3 Å². The third-order valence-corrected chi connectivity index (χ3v) is 16.1. The number of allylic oxidation sites excluding steroid dienone is 7. The zero-order valence-electron chi connectivity index (χ0n) is 52.4. The van der Waals surface area contributed by atoms with Crippen molar-refractivity contribution in [3.63, 3.8) is 0 Å².